The summed E-state index contributed by atoms with van der Waals surface area (Å²) in [6.45, 7) is 3.40. The van der Waals surface area contributed by atoms with E-state index < -0.39 is 0 Å². The molecule has 1 unspecified atom stereocenters. The van der Waals surface area contributed by atoms with E-state index in [0.717, 1.165) is 30.9 Å². The van der Waals surface area contributed by atoms with Crippen molar-refractivity contribution in [3.8, 4) is 0 Å². The van der Waals surface area contributed by atoms with Crippen molar-refractivity contribution in [2.24, 2.45) is 0 Å². The van der Waals surface area contributed by atoms with E-state index in [0.29, 0.717) is 6.79 Å². The summed E-state index contributed by atoms with van der Waals surface area (Å²) in [4.78, 5) is 10.9. The fourth-order valence-corrected chi connectivity index (χ4v) is 1.77. The molecular weight excluding hydrogens is 232 g/mol. The summed E-state index contributed by atoms with van der Waals surface area (Å²) < 4.78 is 10.5. The van der Waals surface area contributed by atoms with E-state index in [-0.39, 0.29) is 12.0 Å². The van der Waals surface area contributed by atoms with E-state index in [2.05, 4.69) is 10.6 Å². The molecule has 0 bridgehead atoms. The van der Waals surface area contributed by atoms with Crippen LogP contribution >= 0.6 is 0 Å². The maximum absolute atomic E-state index is 10.9. The van der Waals surface area contributed by atoms with Crippen LogP contribution in [0.25, 0.3) is 0 Å². The van der Waals surface area contributed by atoms with Gasteiger partial charge in [-0.25, -0.2) is 0 Å². The zero-order chi connectivity index (χ0) is 12.8. The van der Waals surface area contributed by atoms with E-state index in [9.17, 15) is 4.79 Å². The molecule has 0 aromatic heterocycles. The molecule has 1 atom stereocenters. The molecule has 0 spiro atoms. The van der Waals surface area contributed by atoms with Gasteiger partial charge in [0.2, 0.25) is 5.91 Å². The molecule has 1 aromatic rings. The summed E-state index contributed by atoms with van der Waals surface area (Å²) in [5.41, 5.74) is 1.81. The summed E-state index contributed by atoms with van der Waals surface area (Å²) in [6, 6.07) is 7.61. The first-order chi connectivity index (χ1) is 8.74. The van der Waals surface area contributed by atoms with Gasteiger partial charge in [0, 0.05) is 24.8 Å². The second kappa shape index (κ2) is 6.37. The van der Waals surface area contributed by atoms with Gasteiger partial charge in [-0.15, -0.1) is 0 Å². The minimum Gasteiger partial charge on any atom is -0.382 e. The summed E-state index contributed by atoms with van der Waals surface area (Å²) >= 11 is 0. The van der Waals surface area contributed by atoms with E-state index in [4.69, 9.17) is 9.47 Å². The predicted molar refractivity (Wildman–Crippen MR) is 69.5 cm³/mol. The summed E-state index contributed by atoms with van der Waals surface area (Å²) in [7, 11) is 0. The lowest BCUT2D eigenvalue weighted by Crippen LogP contribution is -2.30. The monoisotopic (exact) mass is 250 g/mol. The number of benzene rings is 1. The Labute approximate surface area is 106 Å². The number of nitrogens with one attached hydrogen (secondary N) is 2. The first-order valence-corrected chi connectivity index (χ1v) is 6.05. The van der Waals surface area contributed by atoms with Crippen LogP contribution in [0.2, 0.25) is 0 Å². The van der Waals surface area contributed by atoms with Crippen molar-refractivity contribution in [3.05, 3.63) is 24.3 Å². The first-order valence-electron chi connectivity index (χ1n) is 6.05. The molecule has 1 aliphatic heterocycles. The molecule has 0 aliphatic carbocycles. The van der Waals surface area contributed by atoms with Crippen LogP contribution in [0, 0.1) is 0 Å². The van der Waals surface area contributed by atoms with E-state index in [1.165, 1.54) is 6.92 Å². The largest absolute Gasteiger partial charge is 0.382 e. The molecule has 2 N–H and O–H groups in total. The number of anilines is 2. The second-order valence-corrected chi connectivity index (χ2v) is 4.24. The summed E-state index contributed by atoms with van der Waals surface area (Å²) in [6.07, 6.45) is 1.12. The maximum atomic E-state index is 10.9. The molecule has 5 nitrogen and oxygen atoms in total. The van der Waals surface area contributed by atoms with Crippen LogP contribution in [0.1, 0.15) is 13.3 Å². The van der Waals surface area contributed by atoms with Crippen molar-refractivity contribution in [2.75, 3.05) is 30.6 Å². The van der Waals surface area contributed by atoms with Gasteiger partial charge in [0.15, 0.2) is 0 Å². The molecule has 1 heterocycles. The molecule has 98 valence electrons. The third-order valence-electron chi connectivity index (χ3n) is 2.71. The smallest absolute Gasteiger partial charge is 0.221 e. The topological polar surface area (TPSA) is 59.6 Å². The van der Waals surface area contributed by atoms with Gasteiger partial charge in [-0.2, -0.15) is 0 Å². The van der Waals surface area contributed by atoms with Crippen molar-refractivity contribution >= 4 is 17.3 Å². The lowest BCUT2D eigenvalue weighted by molar-refractivity contribution is -0.133. The van der Waals surface area contributed by atoms with Crippen LogP contribution in [-0.4, -0.2) is 32.0 Å². The fraction of sp³-hybridized carbons (Fsp3) is 0.462. The van der Waals surface area contributed by atoms with Gasteiger partial charge >= 0.3 is 0 Å². The molecule has 18 heavy (non-hydrogen) atoms. The Bertz CT molecular complexity index is 386. The number of hydrogen-bond donors (Lipinski definition) is 2. The Hall–Kier alpha value is -1.59. The first kappa shape index (κ1) is 12.9. The molecule has 1 amide bonds. The molecule has 0 radical (unpaired) electrons. The Morgan fingerprint density at radius 2 is 2.06 bits per heavy atom. The Morgan fingerprint density at radius 3 is 2.67 bits per heavy atom. The quantitative estimate of drug-likeness (QED) is 0.855. The number of ether oxygens (including phenoxy) is 2. The van der Waals surface area contributed by atoms with Crippen molar-refractivity contribution in [1.82, 2.24) is 0 Å². The van der Waals surface area contributed by atoms with Crippen LogP contribution in [0.3, 0.4) is 0 Å². The minimum absolute atomic E-state index is 0.0636. The molecule has 2 rings (SSSR count). The van der Waals surface area contributed by atoms with Crippen molar-refractivity contribution < 1.29 is 14.3 Å². The molecule has 1 aromatic carbocycles. The van der Waals surface area contributed by atoms with Gasteiger partial charge in [0.1, 0.15) is 6.79 Å². The standard InChI is InChI=1S/C13H18N2O3/c1-10(16)15-12-4-2-11(3-5-12)14-8-13-6-7-17-9-18-13/h2-5,13-14H,6-9H2,1H3,(H,15,16). The minimum atomic E-state index is -0.0636. The highest BCUT2D eigenvalue weighted by Crippen LogP contribution is 2.14. The van der Waals surface area contributed by atoms with E-state index in [1.807, 2.05) is 24.3 Å². The van der Waals surface area contributed by atoms with Crippen LogP contribution in [0.4, 0.5) is 11.4 Å². The van der Waals surface area contributed by atoms with Crippen molar-refractivity contribution in [2.45, 2.75) is 19.4 Å². The average Bonchev–Trinajstić information content (AvgIpc) is 2.38. The lowest BCUT2D eigenvalue weighted by atomic mass is 10.2. The maximum Gasteiger partial charge on any atom is 0.221 e. The van der Waals surface area contributed by atoms with Crippen LogP contribution in [-0.2, 0) is 14.3 Å². The fourth-order valence-electron chi connectivity index (χ4n) is 1.77. The molecule has 1 aliphatic rings. The third kappa shape index (κ3) is 4.01. The van der Waals surface area contributed by atoms with Crippen LogP contribution < -0.4 is 10.6 Å². The Kier molecular flexibility index (Phi) is 4.55. The zero-order valence-corrected chi connectivity index (χ0v) is 10.4. The summed E-state index contributed by atoms with van der Waals surface area (Å²) in [5, 5.41) is 6.03. The van der Waals surface area contributed by atoms with Crippen LogP contribution in [0.5, 0.6) is 0 Å². The van der Waals surface area contributed by atoms with Crippen LogP contribution in [0.15, 0.2) is 24.3 Å². The lowest BCUT2D eigenvalue weighted by Gasteiger charge is -2.23. The molecule has 1 saturated heterocycles. The number of carbonyl (C=O) groups is 1. The number of carbonyl (C=O) groups excluding carboxylic acids is 1. The number of rotatable bonds is 4. The van der Waals surface area contributed by atoms with Crippen molar-refractivity contribution in [1.29, 1.82) is 0 Å². The van der Waals surface area contributed by atoms with E-state index in [1.54, 1.807) is 0 Å². The highest BCUT2D eigenvalue weighted by molar-refractivity contribution is 5.88. The SMILES string of the molecule is CC(=O)Nc1ccc(NCC2CCOCO2)cc1. The normalized spacial score (nSPS) is 19.3. The van der Waals surface area contributed by atoms with Gasteiger partial charge in [-0.1, -0.05) is 0 Å². The Morgan fingerprint density at radius 1 is 1.33 bits per heavy atom. The van der Waals surface area contributed by atoms with Gasteiger partial charge in [0.05, 0.1) is 12.7 Å². The number of amides is 1. The zero-order valence-electron chi connectivity index (χ0n) is 10.4. The van der Waals surface area contributed by atoms with Gasteiger partial charge in [-0.05, 0) is 30.7 Å². The summed E-state index contributed by atoms with van der Waals surface area (Å²) in [5.74, 6) is -0.0636. The van der Waals surface area contributed by atoms with E-state index >= 15 is 0 Å². The third-order valence-corrected chi connectivity index (χ3v) is 2.71. The van der Waals surface area contributed by atoms with Crippen molar-refractivity contribution in [3.63, 3.8) is 0 Å². The van der Waals surface area contributed by atoms with Gasteiger partial charge in [-0.3, -0.25) is 4.79 Å². The Balaban J connectivity index is 1.80. The van der Waals surface area contributed by atoms with Gasteiger partial charge < -0.3 is 20.1 Å². The molecule has 1 fully saturated rings. The average molecular weight is 250 g/mol. The number of hydrogen-bond acceptors (Lipinski definition) is 4. The highest BCUT2D eigenvalue weighted by Gasteiger charge is 2.13. The van der Waals surface area contributed by atoms with Gasteiger partial charge in [0.25, 0.3) is 0 Å². The predicted octanol–water partition coefficient (Wildman–Crippen LogP) is 1.82. The molecule has 0 saturated carbocycles. The molecule has 5 heteroatoms. The highest BCUT2D eigenvalue weighted by atomic mass is 16.7. The second-order valence-electron chi connectivity index (χ2n) is 4.24. The molecular formula is C13H18N2O3.